The van der Waals surface area contributed by atoms with Crippen LogP contribution in [0.5, 0.6) is 0 Å². The molecule has 0 unspecified atom stereocenters. The van der Waals surface area contributed by atoms with Gasteiger partial charge >= 0.3 is 5.97 Å². The van der Waals surface area contributed by atoms with Crippen LogP contribution in [-0.4, -0.2) is 48.2 Å². The second-order valence-corrected chi connectivity index (χ2v) is 6.81. The number of benzene rings is 1. The van der Waals surface area contributed by atoms with Crippen molar-refractivity contribution >= 4 is 11.9 Å². The number of H-pyrrole nitrogens is 1. The summed E-state index contributed by atoms with van der Waals surface area (Å²) in [6.45, 7) is 1.80. The number of carboxylic acid groups (broad SMARTS) is 1. The minimum absolute atomic E-state index is 0.0475. The number of imidazole rings is 1. The largest absolute Gasteiger partial charge is 0.481 e. The van der Waals surface area contributed by atoms with Gasteiger partial charge in [-0.05, 0) is 18.6 Å². The number of carbonyl (C=O) groups is 2. The van der Waals surface area contributed by atoms with Crippen LogP contribution >= 0.6 is 0 Å². The molecule has 8 heteroatoms. The molecule has 0 saturated heterocycles. The van der Waals surface area contributed by atoms with Crippen LogP contribution in [-0.2, 0) is 24.3 Å². The lowest BCUT2D eigenvalue weighted by molar-refractivity contribution is -0.136. The molecule has 0 aliphatic carbocycles. The molecule has 4 rings (SSSR count). The van der Waals surface area contributed by atoms with Gasteiger partial charge in [0.05, 0.1) is 29.9 Å². The summed E-state index contributed by atoms with van der Waals surface area (Å²) in [6.07, 6.45) is 4.64. The number of fused-ring (bicyclic) bond motifs is 1. The quantitative estimate of drug-likeness (QED) is 0.708. The first kappa shape index (κ1) is 18.0. The Morgan fingerprint density at radius 1 is 1.21 bits per heavy atom. The van der Waals surface area contributed by atoms with Crippen molar-refractivity contribution < 1.29 is 14.7 Å². The van der Waals surface area contributed by atoms with Gasteiger partial charge in [-0.3, -0.25) is 14.3 Å². The van der Waals surface area contributed by atoms with Gasteiger partial charge < -0.3 is 15.0 Å². The molecule has 0 bridgehead atoms. The Morgan fingerprint density at radius 2 is 2.07 bits per heavy atom. The van der Waals surface area contributed by atoms with Crippen molar-refractivity contribution in [2.45, 2.75) is 32.4 Å². The van der Waals surface area contributed by atoms with Gasteiger partial charge in [0.25, 0.3) is 5.91 Å². The van der Waals surface area contributed by atoms with Gasteiger partial charge in [-0.2, -0.15) is 5.10 Å². The first-order valence-electron chi connectivity index (χ1n) is 9.27. The maximum Gasteiger partial charge on any atom is 0.303 e. The lowest BCUT2D eigenvalue weighted by atomic mass is 10.1. The van der Waals surface area contributed by atoms with Crippen LogP contribution in [0.15, 0.2) is 42.7 Å². The predicted octanol–water partition coefficient (Wildman–Crippen LogP) is 2.34. The van der Waals surface area contributed by atoms with E-state index in [9.17, 15) is 9.59 Å². The average Bonchev–Trinajstić information content (AvgIpc) is 3.32. The highest BCUT2D eigenvalue weighted by Crippen LogP contribution is 2.23. The number of carboxylic acids is 1. The van der Waals surface area contributed by atoms with Crippen molar-refractivity contribution in [3.05, 3.63) is 59.7 Å². The molecular weight excluding hydrogens is 358 g/mol. The number of amides is 1. The molecule has 0 radical (unpaired) electrons. The Balaban J connectivity index is 1.57. The lowest BCUT2D eigenvalue weighted by Crippen LogP contribution is -2.31. The number of carbonyl (C=O) groups excluding carboxylic acids is 1. The van der Waals surface area contributed by atoms with Crippen molar-refractivity contribution in [3.8, 4) is 11.4 Å². The van der Waals surface area contributed by atoms with Crippen LogP contribution in [0.25, 0.3) is 11.4 Å². The second-order valence-electron chi connectivity index (χ2n) is 6.81. The zero-order chi connectivity index (χ0) is 19.5. The normalized spacial score (nSPS) is 13.8. The van der Waals surface area contributed by atoms with Crippen LogP contribution in [0.2, 0.25) is 0 Å². The van der Waals surface area contributed by atoms with Gasteiger partial charge in [-0.15, -0.1) is 0 Å². The fourth-order valence-corrected chi connectivity index (χ4v) is 3.51. The standard InChI is InChI=1S/C20H21N5O3/c26-18(27)7-6-14-12-15-13-24(10-3-11-25(15)23-14)20(28)17-5-2-1-4-16(17)19-21-8-9-22-19/h1-2,4-5,8-9,12H,3,6-7,10-11,13H2,(H,21,22)(H,26,27). The molecule has 0 saturated carbocycles. The molecule has 0 atom stereocenters. The van der Waals surface area contributed by atoms with Gasteiger partial charge in [0.2, 0.25) is 0 Å². The van der Waals surface area contributed by atoms with Crippen molar-refractivity contribution in [3.63, 3.8) is 0 Å². The van der Waals surface area contributed by atoms with E-state index in [-0.39, 0.29) is 12.3 Å². The number of aliphatic carboxylic acids is 1. The van der Waals surface area contributed by atoms with E-state index in [0.29, 0.717) is 37.4 Å². The van der Waals surface area contributed by atoms with Gasteiger partial charge in [0.15, 0.2) is 0 Å². The molecule has 0 spiro atoms. The fraction of sp³-hybridized carbons (Fsp3) is 0.300. The van der Waals surface area contributed by atoms with Crippen molar-refractivity contribution in [1.29, 1.82) is 0 Å². The highest BCUT2D eigenvalue weighted by atomic mass is 16.4. The minimum Gasteiger partial charge on any atom is -0.481 e. The third-order valence-corrected chi connectivity index (χ3v) is 4.86. The summed E-state index contributed by atoms with van der Waals surface area (Å²) in [6, 6.07) is 9.36. The molecular formula is C20H21N5O3. The van der Waals surface area contributed by atoms with E-state index in [4.69, 9.17) is 5.11 Å². The average molecular weight is 379 g/mol. The molecule has 144 valence electrons. The Labute approximate surface area is 161 Å². The molecule has 8 nitrogen and oxygen atoms in total. The molecule has 3 aromatic rings. The predicted molar refractivity (Wildman–Crippen MR) is 102 cm³/mol. The van der Waals surface area contributed by atoms with Crippen molar-refractivity contribution in [1.82, 2.24) is 24.6 Å². The summed E-state index contributed by atoms with van der Waals surface area (Å²) in [7, 11) is 0. The smallest absolute Gasteiger partial charge is 0.303 e. The van der Waals surface area contributed by atoms with Gasteiger partial charge in [-0.25, -0.2) is 4.98 Å². The Kier molecular flexibility index (Phi) is 4.92. The van der Waals surface area contributed by atoms with E-state index in [1.807, 2.05) is 39.9 Å². The summed E-state index contributed by atoms with van der Waals surface area (Å²) in [5, 5.41) is 13.4. The Morgan fingerprint density at radius 3 is 2.86 bits per heavy atom. The molecule has 1 amide bonds. The van der Waals surface area contributed by atoms with Crippen LogP contribution in [0, 0.1) is 0 Å². The maximum absolute atomic E-state index is 13.3. The molecule has 28 heavy (non-hydrogen) atoms. The minimum atomic E-state index is -0.838. The molecule has 1 aliphatic rings. The molecule has 2 aromatic heterocycles. The number of aromatic amines is 1. The summed E-state index contributed by atoms with van der Waals surface area (Å²) < 4.78 is 1.89. The van der Waals surface area contributed by atoms with Crippen LogP contribution < -0.4 is 0 Å². The number of rotatable bonds is 5. The van der Waals surface area contributed by atoms with Crippen LogP contribution in [0.4, 0.5) is 0 Å². The van der Waals surface area contributed by atoms with Crippen LogP contribution in [0.1, 0.15) is 34.6 Å². The maximum atomic E-state index is 13.3. The lowest BCUT2D eigenvalue weighted by Gasteiger charge is -2.21. The van der Waals surface area contributed by atoms with Gasteiger partial charge in [-0.1, -0.05) is 18.2 Å². The van der Waals surface area contributed by atoms with E-state index in [1.165, 1.54) is 0 Å². The molecule has 1 aliphatic heterocycles. The molecule has 2 N–H and O–H groups in total. The number of aryl methyl sites for hydroxylation is 2. The van der Waals surface area contributed by atoms with E-state index < -0.39 is 5.97 Å². The number of hydrogen-bond donors (Lipinski definition) is 2. The summed E-state index contributed by atoms with van der Waals surface area (Å²) in [5.41, 5.74) is 3.07. The number of aromatic nitrogens is 4. The fourth-order valence-electron chi connectivity index (χ4n) is 3.51. The van der Waals surface area contributed by atoms with E-state index >= 15 is 0 Å². The van der Waals surface area contributed by atoms with E-state index in [0.717, 1.165) is 23.4 Å². The van der Waals surface area contributed by atoms with Crippen molar-refractivity contribution in [2.24, 2.45) is 0 Å². The van der Waals surface area contributed by atoms with Gasteiger partial charge in [0.1, 0.15) is 5.82 Å². The zero-order valence-electron chi connectivity index (χ0n) is 15.3. The first-order valence-corrected chi connectivity index (χ1v) is 9.27. The van der Waals surface area contributed by atoms with Crippen LogP contribution in [0.3, 0.4) is 0 Å². The second kappa shape index (κ2) is 7.67. The van der Waals surface area contributed by atoms with E-state index in [2.05, 4.69) is 15.1 Å². The van der Waals surface area contributed by atoms with Crippen molar-refractivity contribution in [2.75, 3.05) is 6.54 Å². The zero-order valence-corrected chi connectivity index (χ0v) is 15.3. The highest BCUT2D eigenvalue weighted by molar-refractivity contribution is 6.00. The highest BCUT2D eigenvalue weighted by Gasteiger charge is 2.24. The first-order chi connectivity index (χ1) is 13.6. The topological polar surface area (TPSA) is 104 Å². The number of hydrogen-bond acceptors (Lipinski definition) is 4. The number of nitrogens with one attached hydrogen (secondary N) is 1. The third-order valence-electron chi connectivity index (χ3n) is 4.86. The molecule has 0 fully saturated rings. The SMILES string of the molecule is O=C(O)CCc1cc2n(n1)CCCN(C(=O)c1ccccc1-c1ncc[nH]1)C2. The summed E-state index contributed by atoms with van der Waals surface area (Å²) in [5.74, 6) is -0.219. The molecule has 1 aromatic carbocycles. The van der Waals surface area contributed by atoms with E-state index in [1.54, 1.807) is 12.4 Å². The third kappa shape index (κ3) is 3.66. The number of nitrogens with zero attached hydrogens (tertiary/aromatic N) is 4. The molecule has 3 heterocycles. The summed E-state index contributed by atoms with van der Waals surface area (Å²) >= 11 is 0. The van der Waals surface area contributed by atoms with Gasteiger partial charge in [0, 0.05) is 37.5 Å². The Hall–Kier alpha value is -3.42. The monoisotopic (exact) mass is 379 g/mol. The Bertz CT molecular complexity index is 993. The summed E-state index contributed by atoms with van der Waals surface area (Å²) in [4.78, 5) is 33.2.